The van der Waals surface area contributed by atoms with Crippen LogP contribution in [0.4, 0.5) is 14.9 Å². The molecule has 2 aliphatic rings. The number of carbonyl (C=O) groups is 2. The lowest BCUT2D eigenvalue weighted by atomic mass is 9.98. The van der Waals surface area contributed by atoms with Gasteiger partial charge in [0.2, 0.25) is 0 Å². The van der Waals surface area contributed by atoms with Crippen molar-refractivity contribution in [1.29, 1.82) is 0 Å². The van der Waals surface area contributed by atoms with E-state index in [2.05, 4.69) is 10.7 Å². The number of rotatable bonds is 4. The van der Waals surface area contributed by atoms with Crippen molar-refractivity contribution in [3.8, 4) is 5.75 Å². The summed E-state index contributed by atoms with van der Waals surface area (Å²) in [5, 5.41) is 4.86. The molecule has 2 heterocycles. The Bertz CT molecular complexity index is 916. The standard InChI is InChI=1S/C20H20ClFN4O3/c21-16-3-1-2-4-17(16)26-19(28)23-20(24-26)9-11-25(12-10-20)18(27)13-29-15-7-5-14(22)6-8-15/h1-8,24H,9-13H2,(H,23,28). The summed E-state index contributed by atoms with van der Waals surface area (Å²) in [4.78, 5) is 26.6. The van der Waals surface area contributed by atoms with Crippen molar-refractivity contribution in [3.05, 3.63) is 59.4 Å². The predicted octanol–water partition coefficient (Wildman–Crippen LogP) is 2.91. The number of amides is 3. The third-order valence-electron chi connectivity index (χ3n) is 5.11. The van der Waals surface area contributed by atoms with Crippen molar-refractivity contribution in [1.82, 2.24) is 15.6 Å². The maximum Gasteiger partial charge on any atom is 0.338 e. The zero-order chi connectivity index (χ0) is 20.4. The zero-order valence-electron chi connectivity index (χ0n) is 15.5. The number of piperidine rings is 1. The first-order valence-corrected chi connectivity index (χ1v) is 9.64. The summed E-state index contributed by atoms with van der Waals surface area (Å²) in [6.07, 6.45) is 1.09. The van der Waals surface area contributed by atoms with Crippen LogP contribution in [0.25, 0.3) is 0 Å². The molecular weight excluding hydrogens is 399 g/mol. The first-order chi connectivity index (χ1) is 14.0. The van der Waals surface area contributed by atoms with Crippen molar-refractivity contribution in [2.45, 2.75) is 18.5 Å². The highest BCUT2D eigenvalue weighted by Gasteiger charge is 2.45. The normalized spacial score (nSPS) is 18.1. The van der Waals surface area contributed by atoms with Gasteiger partial charge in [-0.1, -0.05) is 23.7 Å². The van der Waals surface area contributed by atoms with Gasteiger partial charge in [0, 0.05) is 25.9 Å². The Labute approximate surface area is 172 Å². The van der Waals surface area contributed by atoms with Gasteiger partial charge in [0.25, 0.3) is 5.91 Å². The minimum absolute atomic E-state index is 0.121. The van der Waals surface area contributed by atoms with Gasteiger partial charge in [-0.3, -0.25) is 4.79 Å². The zero-order valence-corrected chi connectivity index (χ0v) is 16.3. The number of likely N-dealkylation sites (tertiary alicyclic amines) is 1. The lowest BCUT2D eigenvalue weighted by Crippen LogP contribution is -2.59. The molecular formula is C20H20ClFN4O3. The predicted molar refractivity (Wildman–Crippen MR) is 106 cm³/mol. The average Bonchev–Trinajstić information content (AvgIpc) is 3.03. The van der Waals surface area contributed by atoms with Crippen LogP contribution < -0.4 is 20.5 Å². The van der Waals surface area contributed by atoms with Gasteiger partial charge in [-0.25, -0.2) is 19.6 Å². The molecule has 2 aliphatic heterocycles. The van der Waals surface area contributed by atoms with E-state index in [0.717, 1.165) is 0 Å². The SMILES string of the molecule is O=C(COc1ccc(F)cc1)N1CCC2(CC1)NC(=O)N(c1ccccc1Cl)N2. The number of benzene rings is 2. The monoisotopic (exact) mass is 418 g/mol. The van der Waals surface area contributed by atoms with E-state index < -0.39 is 5.66 Å². The number of hydrogen-bond donors (Lipinski definition) is 2. The second-order valence-electron chi connectivity index (χ2n) is 7.03. The van der Waals surface area contributed by atoms with Crippen LogP contribution in [-0.2, 0) is 4.79 Å². The average molecular weight is 419 g/mol. The smallest absolute Gasteiger partial charge is 0.338 e. The molecule has 2 aromatic carbocycles. The molecule has 2 N–H and O–H groups in total. The van der Waals surface area contributed by atoms with Crippen molar-refractivity contribution >= 4 is 29.2 Å². The summed E-state index contributed by atoms with van der Waals surface area (Å²) in [7, 11) is 0. The van der Waals surface area contributed by atoms with Crippen LogP contribution in [0.3, 0.4) is 0 Å². The van der Waals surface area contributed by atoms with Crippen molar-refractivity contribution < 1.29 is 18.7 Å². The molecule has 0 bridgehead atoms. The molecule has 0 radical (unpaired) electrons. The molecule has 0 unspecified atom stereocenters. The van der Waals surface area contributed by atoms with Gasteiger partial charge >= 0.3 is 6.03 Å². The molecule has 2 aromatic rings. The Morgan fingerprint density at radius 3 is 2.52 bits per heavy atom. The fourth-order valence-electron chi connectivity index (χ4n) is 3.50. The fourth-order valence-corrected chi connectivity index (χ4v) is 3.72. The van der Waals surface area contributed by atoms with Crippen LogP contribution >= 0.6 is 11.6 Å². The number of halogens is 2. The summed E-state index contributed by atoms with van der Waals surface area (Å²) in [5.74, 6) is -0.0771. The van der Waals surface area contributed by atoms with E-state index in [1.807, 2.05) is 6.07 Å². The molecule has 2 fully saturated rings. The lowest BCUT2D eigenvalue weighted by molar-refractivity contribution is -0.135. The highest BCUT2D eigenvalue weighted by Crippen LogP contribution is 2.31. The van der Waals surface area contributed by atoms with Crippen LogP contribution in [0.1, 0.15) is 12.8 Å². The Balaban J connectivity index is 1.33. The topological polar surface area (TPSA) is 73.9 Å². The van der Waals surface area contributed by atoms with Gasteiger partial charge in [0.15, 0.2) is 6.61 Å². The number of anilines is 1. The first kappa shape index (κ1) is 19.5. The second-order valence-corrected chi connectivity index (χ2v) is 7.44. The number of para-hydroxylation sites is 1. The molecule has 29 heavy (non-hydrogen) atoms. The Kier molecular flexibility index (Phi) is 5.29. The van der Waals surface area contributed by atoms with E-state index in [1.54, 1.807) is 23.1 Å². The van der Waals surface area contributed by atoms with Gasteiger partial charge in [-0.2, -0.15) is 0 Å². The fraction of sp³-hybridized carbons (Fsp3) is 0.300. The Morgan fingerprint density at radius 2 is 1.83 bits per heavy atom. The number of ether oxygens (including phenoxy) is 1. The number of urea groups is 1. The van der Waals surface area contributed by atoms with E-state index in [-0.39, 0.29) is 24.4 Å². The highest BCUT2D eigenvalue weighted by atomic mass is 35.5. The molecule has 3 amide bonds. The highest BCUT2D eigenvalue weighted by molar-refractivity contribution is 6.33. The second kappa shape index (κ2) is 7.88. The minimum atomic E-state index is -0.620. The number of hydrogen-bond acceptors (Lipinski definition) is 4. The van der Waals surface area contributed by atoms with Crippen LogP contribution in [0.5, 0.6) is 5.75 Å². The Hall–Kier alpha value is -2.84. The molecule has 0 aliphatic carbocycles. The van der Waals surface area contributed by atoms with E-state index in [4.69, 9.17) is 16.3 Å². The molecule has 4 rings (SSSR count). The maximum atomic E-state index is 12.9. The van der Waals surface area contributed by atoms with Crippen molar-refractivity contribution in [2.24, 2.45) is 0 Å². The maximum absolute atomic E-state index is 12.9. The molecule has 0 atom stereocenters. The summed E-state index contributed by atoms with van der Waals surface area (Å²) >= 11 is 6.21. The first-order valence-electron chi connectivity index (χ1n) is 9.27. The summed E-state index contributed by atoms with van der Waals surface area (Å²) < 4.78 is 18.4. The molecule has 2 saturated heterocycles. The molecule has 7 nitrogen and oxygen atoms in total. The summed E-state index contributed by atoms with van der Waals surface area (Å²) in [5.41, 5.74) is 3.18. The quantitative estimate of drug-likeness (QED) is 0.800. The molecule has 9 heteroatoms. The lowest BCUT2D eigenvalue weighted by Gasteiger charge is -2.38. The van der Waals surface area contributed by atoms with E-state index >= 15 is 0 Å². The largest absolute Gasteiger partial charge is 0.484 e. The number of nitrogens with zero attached hydrogens (tertiary/aromatic N) is 2. The van der Waals surface area contributed by atoms with Crippen LogP contribution in [0.15, 0.2) is 48.5 Å². The molecule has 0 saturated carbocycles. The van der Waals surface area contributed by atoms with E-state index in [0.29, 0.717) is 42.4 Å². The molecule has 0 aromatic heterocycles. The molecule has 152 valence electrons. The van der Waals surface area contributed by atoms with Gasteiger partial charge in [0.1, 0.15) is 17.2 Å². The van der Waals surface area contributed by atoms with Gasteiger partial charge in [-0.05, 0) is 36.4 Å². The van der Waals surface area contributed by atoms with Crippen molar-refractivity contribution in [3.63, 3.8) is 0 Å². The Morgan fingerprint density at radius 1 is 1.14 bits per heavy atom. The van der Waals surface area contributed by atoms with Crippen LogP contribution in [0, 0.1) is 5.82 Å². The third-order valence-corrected chi connectivity index (χ3v) is 5.43. The number of carbonyl (C=O) groups excluding carboxylic acids is 2. The minimum Gasteiger partial charge on any atom is -0.484 e. The number of nitrogens with one attached hydrogen (secondary N) is 2. The van der Waals surface area contributed by atoms with Gasteiger partial charge in [0.05, 0.1) is 10.7 Å². The molecule has 1 spiro atoms. The van der Waals surface area contributed by atoms with Crippen LogP contribution in [-0.4, -0.2) is 42.2 Å². The summed E-state index contributed by atoms with van der Waals surface area (Å²) in [6, 6.07) is 12.3. The van der Waals surface area contributed by atoms with Crippen molar-refractivity contribution in [2.75, 3.05) is 24.7 Å². The van der Waals surface area contributed by atoms with Gasteiger partial charge in [-0.15, -0.1) is 0 Å². The summed E-state index contributed by atoms with van der Waals surface area (Å²) in [6.45, 7) is 0.814. The van der Waals surface area contributed by atoms with Gasteiger partial charge < -0.3 is 15.0 Å². The third kappa shape index (κ3) is 4.13. The van der Waals surface area contributed by atoms with Crippen LogP contribution in [0.2, 0.25) is 5.02 Å². The van der Waals surface area contributed by atoms with E-state index in [1.165, 1.54) is 29.3 Å². The number of hydrazine groups is 1. The van der Waals surface area contributed by atoms with E-state index in [9.17, 15) is 14.0 Å².